The van der Waals surface area contributed by atoms with Gasteiger partial charge in [0.15, 0.2) is 28.9 Å². The first-order chi connectivity index (χ1) is 14.5. The van der Waals surface area contributed by atoms with Crippen molar-refractivity contribution in [2.24, 2.45) is 5.92 Å². The van der Waals surface area contributed by atoms with E-state index in [1.54, 1.807) is 23.1 Å². The number of thioether (sulfide) groups is 1. The van der Waals surface area contributed by atoms with Gasteiger partial charge in [-0.15, -0.1) is 11.8 Å². The van der Waals surface area contributed by atoms with Crippen LogP contribution in [0.1, 0.15) is 23.2 Å². The fourth-order valence-corrected chi connectivity index (χ4v) is 4.45. The van der Waals surface area contributed by atoms with E-state index in [1.165, 1.54) is 17.8 Å². The lowest BCUT2D eigenvalue weighted by Gasteiger charge is -2.31. The quantitative estimate of drug-likeness (QED) is 0.528. The van der Waals surface area contributed by atoms with Crippen LogP contribution in [0.15, 0.2) is 41.3 Å². The van der Waals surface area contributed by atoms with E-state index < -0.39 is 11.6 Å². The fourth-order valence-electron chi connectivity index (χ4n) is 3.63. The van der Waals surface area contributed by atoms with Gasteiger partial charge in [-0.2, -0.15) is 0 Å². The molecule has 0 aliphatic carbocycles. The number of hydrogen-bond donors (Lipinski definition) is 0. The van der Waals surface area contributed by atoms with Crippen LogP contribution in [0.2, 0.25) is 0 Å². The van der Waals surface area contributed by atoms with Crippen molar-refractivity contribution in [3.05, 3.63) is 53.6 Å². The Hall–Kier alpha value is -2.61. The number of rotatable bonds is 5. The van der Waals surface area contributed by atoms with Crippen molar-refractivity contribution in [2.45, 2.75) is 17.7 Å². The van der Waals surface area contributed by atoms with Crippen LogP contribution in [-0.2, 0) is 4.79 Å². The summed E-state index contributed by atoms with van der Waals surface area (Å²) in [7, 11) is 0. The predicted molar refractivity (Wildman–Crippen MR) is 108 cm³/mol. The van der Waals surface area contributed by atoms with Crippen LogP contribution in [-0.4, -0.2) is 48.6 Å². The summed E-state index contributed by atoms with van der Waals surface area (Å²) < 4.78 is 37.3. The summed E-state index contributed by atoms with van der Waals surface area (Å²) in [5, 5.41) is 0. The number of halogens is 2. The lowest BCUT2D eigenvalue weighted by atomic mass is 9.88. The van der Waals surface area contributed by atoms with Gasteiger partial charge in [-0.05, 0) is 49.2 Å². The van der Waals surface area contributed by atoms with Gasteiger partial charge in [-0.25, -0.2) is 8.78 Å². The largest absolute Gasteiger partial charge is 0.486 e. The first-order valence-corrected chi connectivity index (χ1v) is 10.8. The summed E-state index contributed by atoms with van der Waals surface area (Å²) in [6.45, 7) is 1.96. The Morgan fingerprint density at radius 1 is 0.967 bits per heavy atom. The molecule has 8 heteroatoms. The summed E-state index contributed by atoms with van der Waals surface area (Å²) in [4.78, 5) is 27.5. The molecule has 0 bridgehead atoms. The zero-order valence-corrected chi connectivity index (χ0v) is 17.1. The molecule has 1 fully saturated rings. The lowest BCUT2D eigenvalue weighted by molar-refractivity contribution is -0.129. The monoisotopic (exact) mass is 433 g/mol. The van der Waals surface area contributed by atoms with Crippen molar-refractivity contribution in [2.75, 3.05) is 32.1 Å². The number of Topliss-reactive ketones (excluding diaryl/α,β-unsaturated/α-hetero) is 1. The number of nitrogens with zero attached hydrogens (tertiary/aromatic N) is 1. The number of carbonyl (C=O) groups is 2. The number of benzene rings is 2. The molecule has 1 amide bonds. The molecule has 0 spiro atoms. The smallest absolute Gasteiger partial charge is 0.232 e. The number of carbonyl (C=O) groups excluding carboxylic acids is 2. The molecule has 0 aromatic heterocycles. The average Bonchev–Trinajstić information content (AvgIpc) is 2.79. The number of fused-ring (bicyclic) bond motifs is 1. The number of amides is 1. The number of likely N-dealkylation sites (tertiary alicyclic amines) is 1. The number of hydrogen-bond acceptors (Lipinski definition) is 5. The van der Waals surface area contributed by atoms with E-state index in [2.05, 4.69) is 0 Å². The summed E-state index contributed by atoms with van der Waals surface area (Å²) >= 11 is 1.17. The second kappa shape index (κ2) is 9.04. The molecule has 1 saturated heterocycles. The number of ketones is 1. The standard InChI is InChI=1S/C22H21F2NO4S/c23-17-3-2-16(12-18(17)24)30-13-21(26)25-7-5-14(6-8-25)22(27)15-1-4-19-20(11-15)29-10-9-28-19/h1-4,11-12,14H,5-10,13H2. The molecule has 2 aromatic rings. The Morgan fingerprint density at radius 2 is 1.70 bits per heavy atom. The second-order valence-corrected chi connectivity index (χ2v) is 8.29. The topological polar surface area (TPSA) is 55.8 Å². The van der Waals surface area contributed by atoms with Crippen molar-refractivity contribution < 1.29 is 27.8 Å². The predicted octanol–water partition coefficient (Wildman–Crippen LogP) is 3.95. The summed E-state index contributed by atoms with van der Waals surface area (Å²) in [5.41, 5.74) is 0.595. The lowest BCUT2D eigenvalue weighted by Crippen LogP contribution is -2.41. The minimum atomic E-state index is -0.925. The van der Waals surface area contributed by atoms with E-state index in [0.717, 1.165) is 12.1 Å². The van der Waals surface area contributed by atoms with Crippen molar-refractivity contribution in [3.63, 3.8) is 0 Å². The van der Waals surface area contributed by atoms with E-state index in [9.17, 15) is 18.4 Å². The molecule has 0 atom stereocenters. The third-order valence-corrected chi connectivity index (χ3v) is 6.28. The summed E-state index contributed by atoms with van der Waals surface area (Å²) in [5.74, 6) is -0.612. The third kappa shape index (κ3) is 4.59. The van der Waals surface area contributed by atoms with Crippen LogP contribution in [0.4, 0.5) is 8.78 Å². The highest BCUT2D eigenvalue weighted by atomic mass is 32.2. The van der Waals surface area contributed by atoms with Crippen LogP contribution < -0.4 is 9.47 Å². The minimum absolute atomic E-state index is 0.0511. The van der Waals surface area contributed by atoms with Crippen LogP contribution in [0.25, 0.3) is 0 Å². The molecule has 158 valence electrons. The average molecular weight is 433 g/mol. The van der Waals surface area contributed by atoms with Gasteiger partial charge < -0.3 is 14.4 Å². The second-order valence-electron chi connectivity index (χ2n) is 7.24. The Bertz CT molecular complexity index is 960. The van der Waals surface area contributed by atoms with Crippen molar-refractivity contribution in [1.82, 2.24) is 4.90 Å². The van der Waals surface area contributed by atoms with Gasteiger partial charge in [0.05, 0.1) is 5.75 Å². The molecule has 0 saturated carbocycles. The fraction of sp³-hybridized carbons (Fsp3) is 0.364. The van der Waals surface area contributed by atoms with Crippen molar-refractivity contribution in [1.29, 1.82) is 0 Å². The molecule has 2 heterocycles. The van der Waals surface area contributed by atoms with Crippen LogP contribution >= 0.6 is 11.8 Å². The molecular weight excluding hydrogens is 412 g/mol. The van der Waals surface area contributed by atoms with E-state index in [4.69, 9.17) is 9.47 Å². The van der Waals surface area contributed by atoms with Crippen molar-refractivity contribution in [3.8, 4) is 11.5 Å². The summed E-state index contributed by atoms with van der Waals surface area (Å²) in [6, 6.07) is 8.84. The van der Waals surface area contributed by atoms with Gasteiger partial charge in [-0.3, -0.25) is 9.59 Å². The molecule has 5 nitrogen and oxygen atoms in total. The SMILES string of the molecule is O=C(c1ccc2c(c1)OCCO2)C1CCN(C(=O)CSc2ccc(F)c(F)c2)CC1. The molecule has 0 radical (unpaired) electrons. The Labute approximate surface area is 177 Å². The zero-order valence-electron chi connectivity index (χ0n) is 16.2. The van der Waals surface area contributed by atoms with Gasteiger partial charge in [-0.1, -0.05) is 0 Å². The van der Waals surface area contributed by atoms with E-state index >= 15 is 0 Å². The molecule has 2 aromatic carbocycles. The van der Waals surface area contributed by atoms with Gasteiger partial charge in [0.2, 0.25) is 5.91 Å². The molecule has 2 aliphatic heterocycles. The normalized spacial score (nSPS) is 16.4. The maximum absolute atomic E-state index is 13.3. The van der Waals surface area contributed by atoms with E-state index in [1.807, 2.05) is 0 Å². The molecule has 0 unspecified atom stereocenters. The minimum Gasteiger partial charge on any atom is -0.486 e. The van der Waals surface area contributed by atoms with Gasteiger partial charge in [0.1, 0.15) is 13.2 Å². The van der Waals surface area contributed by atoms with Crippen LogP contribution in [0.5, 0.6) is 11.5 Å². The molecular formula is C22H21F2NO4S. The maximum atomic E-state index is 13.3. The Balaban J connectivity index is 1.29. The maximum Gasteiger partial charge on any atom is 0.232 e. The van der Waals surface area contributed by atoms with E-state index in [0.29, 0.717) is 61.1 Å². The van der Waals surface area contributed by atoms with Crippen molar-refractivity contribution >= 4 is 23.5 Å². The highest BCUT2D eigenvalue weighted by molar-refractivity contribution is 8.00. The molecule has 0 N–H and O–H groups in total. The van der Waals surface area contributed by atoms with E-state index in [-0.39, 0.29) is 23.4 Å². The highest BCUT2D eigenvalue weighted by Crippen LogP contribution is 2.32. The zero-order chi connectivity index (χ0) is 21.1. The van der Waals surface area contributed by atoms with Gasteiger partial charge in [0.25, 0.3) is 0 Å². The number of piperidine rings is 1. The molecule has 4 rings (SSSR count). The van der Waals surface area contributed by atoms with Gasteiger partial charge in [0, 0.05) is 29.5 Å². The van der Waals surface area contributed by atoms with Crippen LogP contribution in [0.3, 0.4) is 0 Å². The Morgan fingerprint density at radius 3 is 2.43 bits per heavy atom. The molecule has 30 heavy (non-hydrogen) atoms. The van der Waals surface area contributed by atoms with Gasteiger partial charge >= 0.3 is 0 Å². The van der Waals surface area contributed by atoms with Crippen LogP contribution in [0, 0.1) is 17.6 Å². The summed E-state index contributed by atoms with van der Waals surface area (Å²) in [6.07, 6.45) is 1.18. The highest BCUT2D eigenvalue weighted by Gasteiger charge is 2.28. The Kier molecular flexibility index (Phi) is 6.22. The third-order valence-electron chi connectivity index (χ3n) is 5.30. The molecule has 2 aliphatic rings. The number of ether oxygens (including phenoxy) is 2. The first-order valence-electron chi connectivity index (χ1n) is 9.81. The first kappa shape index (κ1) is 20.7.